The highest BCUT2D eigenvalue weighted by molar-refractivity contribution is 5.96. The first-order chi connectivity index (χ1) is 11.6. The number of carbonyl (C=O) groups excluding carboxylic acids is 2. The number of amides is 2. The molecular weight excluding hydrogens is 300 g/mol. The van der Waals surface area contributed by atoms with E-state index in [9.17, 15) is 9.59 Å². The molecule has 0 aromatic heterocycles. The van der Waals surface area contributed by atoms with Crippen molar-refractivity contribution in [1.29, 1.82) is 0 Å². The molecule has 1 heterocycles. The summed E-state index contributed by atoms with van der Waals surface area (Å²) in [4.78, 5) is 26.7. The van der Waals surface area contributed by atoms with Gasteiger partial charge in [0, 0.05) is 30.3 Å². The van der Waals surface area contributed by atoms with Crippen molar-refractivity contribution in [3.05, 3.63) is 71.3 Å². The van der Waals surface area contributed by atoms with Crippen LogP contribution >= 0.6 is 0 Å². The second kappa shape index (κ2) is 7.30. The van der Waals surface area contributed by atoms with Gasteiger partial charge in [0.2, 0.25) is 0 Å². The van der Waals surface area contributed by atoms with Crippen molar-refractivity contribution in [3.63, 3.8) is 0 Å². The number of hydrogen-bond acceptors (Lipinski definition) is 2. The van der Waals surface area contributed by atoms with Crippen molar-refractivity contribution in [2.75, 3.05) is 13.1 Å². The van der Waals surface area contributed by atoms with E-state index in [4.69, 9.17) is 0 Å². The van der Waals surface area contributed by atoms with E-state index in [1.165, 1.54) is 0 Å². The highest BCUT2D eigenvalue weighted by Crippen LogP contribution is 2.15. The van der Waals surface area contributed by atoms with Gasteiger partial charge in [-0.15, -0.1) is 0 Å². The summed E-state index contributed by atoms with van der Waals surface area (Å²) < 4.78 is 0. The number of likely N-dealkylation sites (tertiary alicyclic amines) is 1. The maximum Gasteiger partial charge on any atom is 0.253 e. The molecule has 1 fully saturated rings. The van der Waals surface area contributed by atoms with Gasteiger partial charge in [-0.1, -0.05) is 36.4 Å². The fraction of sp³-hybridized carbons (Fsp3) is 0.300. The molecule has 24 heavy (non-hydrogen) atoms. The average Bonchev–Trinajstić information content (AvgIpc) is 2.63. The van der Waals surface area contributed by atoms with Crippen LogP contribution in [0.1, 0.15) is 39.1 Å². The highest BCUT2D eigenvalue weighted by Gasteiger charge is 2.25. The van der Waals surface area contributed by atoms with Gasteiger partial charge in [0.25, 0.3) is 11.8 Å². The van der Waals surface area contributed by atoms with Crippen LogP contribution in [-0.4, -0.2) is 35.8 Å². The van der Waals surface area contributed by atoms with Gasteiger partial charge in [-0.2, -0.15) is 0 Å². The monoisotopic (exact) mass is 322 g/mol. The predicted octanol–water partition coefficient (Wildman–Crippen LogP) is 3.03. The second-order valence-corrected chi connectivity index (χ2v) is 6.22. The number of piperidine rings is 1. The zero-order chi connectivity index (χ0) is 16.9. The summed E-state index contributed by atoms with van der Waals surface area (Å²) in [5, 5.41) is 3.10. The molecule has 1 aliphatic rings. The molecule has 0 spiro atoms. The minimum absolute atomic E-state index is 0.0269. The summed E-state index contributed by atoms with van der Waals surface area (Å²) in [7, 11) is 0. The molecule has 1 saturated heterocycles. The van der Waals surface area contributed by atoms with E-state index in [0.29, 0.717) is 13.1 Å². The quantitative estimate of drug-likeness (QED) is 0.944. The summed E-state index contributed by atoms with van der Waals surface area (Å²) in [6.45, 7) is 3.29. The maximum absolute atomic E-state index is 12.4. The predicted molar refractivity (Wildman–Crippen MR) is 94.0 cm³/mol. The normalized spacial score (nSPS) is 15.1. The third-order valence-corrected chi connectivity index (χ3v) is 4.53. The van der Waals surface area contributed by atoms with Crippen LogP contribution in [0.5, 0.6) is 0 Å². The number of nitrogens with one attached hydrogen (secondary N) is 1. The molecule has 0 saturated carbocycles. The highest BCUT2D eigenvalue weighted by atomic mass is 16.2. The Hall–Kier alpha value is -2.62. The average molecular weight is 322 g/mol. The largest absolute Gasteiger partial charge is 0.349 e. The molecule has 1 N–H and O–H groups in total. The van der Waals surface area contributed by atoms with E-state index < -0.39 is 0 Å². The molecule has 3 rings (SSSR count). The third kappa shape index (κ3) is 3.65. The Kier molecular flexibility index (Phi) is 4.94. The molecule has 0 radical (unpaired) electrons. The molecule has 0 atom stereocenters. The van der Waals surface area contributed by atoms with Gasteiger partial charge >= 0.3 is 0 Å². The van der Waals surface area contributed by atoms with Crippen molar-refractivity contribution in [2.45, 2.75) is 25.8 Å². The van der Waals surface area contributed by atoms with Crippen LogP contribution in [0, 0.1) is 6.92 Å². The van der Waals surface area contributed by atoms with Crippen molar-refractivity contribution < 1.29 is 9.59 Å². The van der Waals surface area contributed by atoms with Crippen LogP contribution in [0.2, 0.25) is 0 Å². The lowest BCUT2D eigenvalue weighted by Gasteiger charge is -2.32. The van der Waals surface area contributed by atoms with Crippen LogP contribution in [0.3, 0.4) is 0 Å². The van der Waals surface area contributed by atoms with Crippen LogP contribution in [0.15, 0.2) is 54.6 Å². The fourth-order valence-electron chi connectivity index (χ4n) is 3.08. The summed E-state index contributed by atoms with van der Waals surface area (Å²) >= 11 is 0. The molecule has 1 aliphatic heterocycles. The third-order valence-electron chi connectivity index (χ3n) is 4.53. The molecule has 2 aromatic rings. The Balaban J connectivity index is 1.55. The lowest BCUT2D eigenvalue weighted by atomic mass is 10.0. The van der Waals surface area contributed by atoms with Gasteiger partial charge in [0.05, 0.1) is 0 Å². The fourth-order valence-corrected chi connectivity index (χ4v) is 3.08. The zero-order valence-corrected chi connectivity index (χ0v) is 13.9. The molecule has 0 bridgehead atoms. The molecule has 0 unspecified atom stereocenters. The summed E-state index contributed by atoms with van der Waals surface area (Å²) in [6, 6.07) is 17.1. The topological polar surface area (TPSA) is 49.4 Å². The minimum atomic E-state index is -0.0269. The minimum Gasteiger partial charge on any atom is -0.349 e. The number of benzene rings is 2. The maximum atomic E-state index is 12.4. The van der Waals surface area contributed by atoms with E-state index in [1.807, 2.05) is 66.4 Å². The number of nitrogens with zero attached hydrogens (tertiary/aromatic N) is 1. The first-order valence-corrected chi connectivity index (χ1v) is 8.36. The number of aryl methyl sites for hydroxylation is 1. The van der Waals surface area contributed by atoms with Crippen molar-refractivity contribution in [3.8, 4) is 0 Å². The van der Waals surface area contributed by atoms with Crippen LogP contribution in [0.4, 0.5) is 0 Å². The molecule has 4 heteroatoms. The van der Waals surface area contributed by atoms with Crippen LogP contribution < -0.4 is 5.32 Å². The first kappa shape index (κ1) is 16.2. The SMILES string of the molecule is Cc1ccccc1C(=O)NC1CCN(C(=O)c2ccccc2)CC1. The van der Waals surface area contributed by atoms with Gasteiger partial charge < -0.3 is 10.2 Å². The van der Waals surface area contributed by atoms with Gasteiger partial charge in [-0.25, -0.2) is 0 Å². The van der Waals surface area contributed by atoms with Gasteiger partial charge in [0.1, 0.15) is 0 Å². The Morgan fingerprint density at radius 1 is 0.958 bits per heavy atom. The standard InChI is InChI=1S/C20H22N2O2/c1-15-7-5-6-10-18(15)19(23)21-17-11-13-22(14-12-17)20(24)16-8-3-2-4-9-16/h2-10,17H,11-14H2,1H3,(H,21,23). The van der Waals surface area contributed by atoms with Gasteiger partial charge in [0.15, 0.2) is 0 Å². The zero-order valence-electron chi connectivity index (χ0n) is 13.9. The van der Waals surface area contributed by atoms with E-state index in [0.717, 1.165) is 29.5 Å². The first-order valence-electron chi connectivity index (χ1n) is 8.36. The van der Waals surface area contributed by atoms with Crippen molar-refractivity contribution >= 4 is 11.8 Å². The van der Waals surface area contributed by atoms with Crippen molar-refractivity contribution in [1.82, 2.24) is 10.2 Å². The Labute approximate surface area is 142 Å². The van der Waals surface area contributed by atoms with Gasteiger partial charge in [-0.3, -0.25) is 9.59 Å². The van der Waals surface area contributed by atoms with E-state index in [-0.39, 0.29) is 17.9 Å². The number of carbonyl (C=O) groups is 2. The number of hydrogen-bond donors (Lipinski definition) is 1. The summed E-state index contributed by atoms with van der Waals surface area (Å²) in [6.07, 6.45) is 1.58. The molecule has 2 aromatic carbocycles. The Bertz CT molecular complexity index is 719. The lowest BCUT2D eigenvalue weighted by molar-refractivity contribution is 0.0698. The van der Waals surface area contributed by atoms with Crippen LogP contribution in [0.25, 0.3) is 0 Å². The Morgan fingerprint density at radius 2 is 1.58 bits per heavy atom. The van der Waals surface area contributed by atoms with Crippen molar-refractivity contribution in [2.24, 2.45) is 0 Å². The molecule has 2 amide bonds. The smallest absolute Gasteiger partial charge is 0.253 e. The molecule has 124 valence electrons. The van der Waals surface area contributed by atoms with E-state index >= 15 is 0 Å². The summed E-state index contributed by atoms with van der Waals surface area (Å²) in [5.74, 6) is 0.0419. The Morgan fingerprint density at radius 3 is 2.25 bits per heavy atom. The lowest BCUT2D eigenvalue weighted by Crippen LogP contribution is -2.46. The molecule has 0 aliphatic carbocycles. The second-order valence-electron chi connectivity index (χ2n) is 6.22. The van der Waals surface area contributed by atoms with E-state index in [1.54, 1.807) is 0 Å². The van der Waals surface area contributed by atoms with Gasteiger partial charge in [-0.05, 0) is 43.5 Å². The molecule has 4 nitrogen and oxygen atoms in total. The van der Waals surface area contributed by atoms with E-state index in [2.05, 4.69) is 5.32 Å². The molecular formula is C20H22N2O2. The summed E-state index contributed by atoms with van der Waals surface area (Å²) in [5.41, 5.74) is 2.42. The van der Waals surface area contributed by atoms with Crippen LogP contribution in [-0.2, 0) is 0 Å². The number of rotatable bonds is 3.